The maximum Gasteiger partial charge on any atom is 0.413 e. The third-order valence-electron chi connectivity index (χ3n) is 7.04. The number of aliphatic hydroxyl groups is 3. The highest BCUT2D eigenvalue weighted by Gasteiger charge is 2.45. The third-order valence-corrected chi connectivity index (χ3v) is 8.08. The van der Waals surface area contributed by atoms with Gasteiger partial charge in [0.2, 0.25) is 5.95 Å². The molecule has 3 aromatic heterocycles. The van der Waals surface area contributed by atoms with Crippen LogP contribution in [-0.2, 0) is 0 Å². The molecule has 1 aliphatic rings. The van der Waals surface area contributed by atoms with E-state index in [1.54, 1.807) is 19.2 Å². The number of fused-ring (bicyclic) bond motifs is 1. The molecule has 0 saturated heterocycles. The van der Waals surface area contributed by atoms with Gasteiger partial charge in [0.05, 0.1) is 39.4 Å². The summed E-state index contributed by atoms with van der Waals surface area (Å²) in [6.07, 6.45) is -5.98. The van der Waals surface area contributed by atoms with Gasteiger partial charge < -0.3 is 26.0 Å². The Hall–Kier alpha value is -3.53. The second kappa shape index (κ2) is 11.0. The second-order valence-electron chi connectivity index (χ2n) is 9.78. The van der Waals surface area contributed by atoms with Gasteiger partial charge in [-0.15, -0.1) is 11.3 Å². The first-order valence-corrected chi connectivity index (χ1v) is 13.3. The molecule has 0 radical (unpaired) electrons. The third kappa shape index (κ3) is 5.54. The van der Waals surface area contributed by atoms with Gasteiger partial charge in [0.25, 0.3) is 0 Å². The molecule has 1 aromatic carbocycles. The topological polar surface area (TPSA) is 136 Å². The fourth-order valence-electron chi connectivity index (χ4n) is 4.94. The van der Waals surface area contributed by atoms with Crippen molar-refractivity contribution in [1.29, 1.82) is 0 Å². The first kappa shape index (κ1) is 29.0. The number of halogens is 5. The van der Waals surface area contributed by atoms with Crippen LogP contribution in [-0.4, -0.2) is 66.3 Å². The molecule has 1 saturated carbocycles. The minimum atomic E-state index is -5.13. The summed E-state index contributed by atoms with van der Waals surface area (Å²) in [4.78, 5) is 17.3. The Balaban J connectivity index is 1.62. The summed E-state index contributed by atoms with van der Waals surface area (Å²) in [5.41, 5.74) is 0.497. The molecule has 4 aromatic rings. The Labute approximate surface area is 234 Å². The Kier molecular flexibility index (Phi) is 7.80. The van der Waals surface area contributed by atoms with Gasteiger partial charge in [0.1, 0.15) is 34.1 Å². The highest BCUT2D eigenvalue weighted by atomic mass is 32.1. The van der Waals surface area contributed by atoms with Crippen molar-refractivity contribution < 1.29 is 37.3 Å². The van der Waals surface area contributed by atoms with Crippen LogP contribution in [0, 0.1) is 31.4 Å². The first-order chi connectivity index (χ1) is 19.4. The maximum atomic E-state index is 14.4. The average molecular weight is 597 g/mol. The molecule has 3 heterocycles. The fraction of sp³-hybridized carbons (Fsp3) is 0.385. The van der Waals surface area contributed by atoms with Gasteiger partial charge in [-0.25, -0.2) is 18.7 Å². The van der Waals surface area contributed by atoms with E-state index in [9.17, 15) is 37.3 Å². The Morgan fingerprint density at radius 3 is 2.34 bits per heavy atom. The van der Waals surface area contributed by atoms with E-state index in [4.69, 9.17) is 0 Å². The minimum Gasteiger partial charge on any atom is -0.396 e. The predicted octanol–water partition coefficient (Wildman–Crippen LogP) is 4.27. The maximum absolute atomic E-state index is 14.4. The number of pyridine rings is 1. The van der Waals surface area contributed by atoms with Crippen molar-refractivity contribution in [3.8, 4) is 10.6 Å². The molecule has 9 nitrogen and oxygen atoms in total. The van der Waals surface area contributed by atoms with Crippen LogP contribution in [0.5, 0.6) is 0 Å². The lowest BCUT2D eigenvalue weighted by atomic mass is 10.1. The molecule has 0 amide bonds. The van der Waals surface area contributed by atoms with Crippen molar-refractivity contribution in [3.63, 3.8) is 0 Å². The van der Waals surface area contributed by atoms with Crippen LogP contribution in [0.25, 0.3) is 20.8 Å². The molecule has 0 bridgehead atoms. The van der Waals surface area contributed by atoms with Gasteiger partial charge in [-0.05, 0) is 38.5 Å². The highest BCUT2D eigenvalue weighted by molar-refractivity contribution is 7.21. The van der Waals surface area contributed by atoms with E-state index < -0.39 is 66.1 Å². The fourth-order valence-corrected chi connectivity index (χ4v) is 6.06. The van der Waals surface area contributed by atoms with Gasteiger partial charge >= 0.3 is 6.18 Å². The molecular weight excluding hydrogens is 571 g/mol. The number of anilines is 2. The van der Waals surface area contributed by atoms with Crippen LogP contribution in [0.4, 0.5) is 33.7 Å². The summed E-state index contributed by atoms with van der Waals surface area (Å²) in [6.45, 7) is 2.88. The smallest absolute Gasteiger partial charge is 0.396 e. The van der Waals surface area contributed by atoms with Crippen molar-refractivity contribution in [2.45, 2.75) is 50.7 Å². The Morgan fingerprint density at radius 2 is 1.73 bits per heavy atom. The monoisotopic (exact) mass is 596 g/mol. The quantitative estimate of drug-likeness (QED) is 0.198. The van der Waals surface area contributed by atoms with E-state index in [1.807, 2.05) is 5.32 Å². The highest BCUT2D eigenvalue weighted by Crippen LogP contribution is 2.41. The zero-order chi connectivity index (χ0) is 29.6. The van der Waals surface area contributed by atoms with Crippen LogP contribution in [0.2, 0.25) is 0 Å². The SMILES string of the molecule is Cc1nc(N[C@@H](c2c(F)cccc2F)C(F)(F)F)nc(NC2C[C@H](CO)[C@@H](O)[C@H]2O)c1-c1nc2c(C)nccc2s1. The van der Waals surface area contributed by atoms with Gasteiger partial charge in [0, 0.05) is 18.7 Å². The van der Waals surface area contributed by atoms with E-state index in [-0.39, 0.29) is 17.9 Å². The number of hydrogen-bond acceptors (Lipinski definition) is 10. The lowest BCUT2D eigenvalue weighted by Crippen LogP contribution is -2.36. The Morgan fingerprint density at radius 1 is 1.02 bits per heavy atom. The number of nitrogens with one attached hydrogen (secondary N) is 2. The van der Waals surface area contributed by atoms with E-state index in [1.165, 1.54) is 18.3 Å². The molecule has 5 rings (SSSR count). The predicted molar refractivity (Wildman–Crippen MR) is 141 cm³/mol. The van der Waals surface area contributed by atoms with Crippen molar-refractivity contribution in [3.05, 3.63) is 59.0 Å². The zero-order valence-corrected chi connectivity index (χ0v) is 22.4. The number of benzene rings is 1. The summed E-state index contributed by atoms with van der Waals surface area (Å²) < 4.78 is 71.9. The number of hydrogen-bond donors (Lipinski definition) is 5. The summed E-state index contributed by atoms with van der Waals surface area (Å²) >= 11 is 1.26. The minimum absolute atomic E-state index is 0.0329. The van der Waals surface area contributed by atoms with Crippen LogP contribution in [0.3, 0.4) is 0 Å². The van der Waals surface area contributed by atoms with Gasteiger partial charge in [-0.2, -0.15) is 18.2 Å². The van der Waals surface area contributed by atoms with Gasteiger partial charge in [0.15, 0.2) is 6.04 Å². The summed E-state index contributed by atoms with van der Waals surface area (Å²) in [5.74, 6) is -4.08. The number of thiazole rings is 1. The molecule has 1 fully saturated rings. The van der Waals surface area contributed by atoms with E-state index >= 15 is 0 Å². The van der Waals surface area contributed by atoms with E-state index in [0.29, 0.717) is 21.8 Å². The Bertz CT molecular complexity index is 1570. The normalized spacial score (nSPS) is 21.8. The van der Waals surface area contributed by atoms with Crippen molar-refractivity contribution in [2.75, 3.05) is 17.2 Å². The van der Waals surface area contributed by atoms with E-state index in [2.05, 4.69) is 25.3 Å². The molecular formula is C26H25F5N6O3S. The largest absolute Gasteiger partial charge is 0.413 e. The molecule has 0 spiro atoms. The first-order valence-electron chi connectivity index (χ1n) is 12.5. The van der Waals surface area contributed by atoms with Gasteiger partial charge in [-0.1, -0.05) is 6.07 Å². The number of alkyl halides is 3. The van der Waals surface area contributed by atoms with Crippen molar-refractivity contribution >= 4 is 33.3 Å². The number of aromatic nitrogens is 4. The number of aryl methyl sites for hydroxylation is 2. The van der Waals surface area contributed by atoms with Crippen molar-refractivity contribution in [1.82, 2.24) is 19.9 Å². The molecule has 0 aliphatic heterocycles. The molecule has 15 heteroatoms. The zero-order valence-electron chi connectivity index (χ0n) is 21.6. The summed E-state index contributed by atoms with van der Waals surface area (Å²) in [5, 5.41) is 35.9. The molecule has 1 unspecified atom stereocenters. The molecule has 5 N–H and O–H groups in total. The lowest BCUT2D eigenvalue weighted by molar-refractivity contribution is -0.145. The molecule has 41 heavy (non-hydrogen) atoms. The van der Waals surface area contributed by atoms with Crippen LogP contribution in [0.1, 0.15) is 29.4 Å². The number of rotatable bonds is 7. The molecule has 5 atom stereocenters. The standard InChI is InChI=1S/C26H25F5N6O3S/c1-10-17(24-35-19-11(2)32-7-6-16(19)41-24)23(34-15-8-12(9-38)20(39)21(15)40)37-25(33-10)36-22(26(29,30)31)18-13(27)4-3-5-14(18)28/h3-7,12,15,20-22,38-40H,8-9H2,1-2H3,(H2,33,34,36,37)/t12-,15?,20-,21+,22+/m1/s1. The lowest BCUT2D eigenvalue weighted by Gasteiger charge is -2.25. The van der Waals surface area contributed by atoms with Crippen molar-refractivity contribution in [2.24, 2.45) is 5.92 Å². The average Bonchev–Trinajstić information content (AvgIpc) is 3.44. The number of nitrogens with zero attached hydrogens (tertiary/aromatic N) is 4. The molecule has 1 aliphatic carbocycles. The molecule has 218 valence electrons. The summed E-state index contributed by atoms with van der Waals surface area (Å²) in [6, 6.07) is 0.474. The number of aliphatic hydroxyl groups excluding tert-OH is 3. The van der Waals surface area contributed by atoms with Crippen LogP contribution in [0.15, 0.2) is 30.5 Å². The van der Waals surface area contributed by atoms with Gasteiger partial charge in [-0.3, -0.25) is 4.98 Å². The van der Waals surface area contributed by atoms with Crippen LogP contribution < -0.4 is 10.6 Å². The van der Waals surface area contributed by atoms with E-state index in [0.717, 1.165) is 22.9 Å². The summed E-state index contributed by atoms with van der Waals surface area (Å²) in [7, 11) is 0. The second-order valence-corrected chi connectivity index (χ2v) is 10.8. The van der Waals surface area contributed by atoms with Crippen LogP contribution >= 0.6 is 11.3 Å².